The van der Waals surface area contributed by atoms with Gasteiger partial charge in [0.05, 0.1) is 17.5 Å². The van der Waals surface area contributed by atoms with Crippen LogP contribution in [-0.2, 0) is 6.42 Å². The van der Waals surface area contributed by atoms with Crippen LogP contribution in [0.2, 0.25) is 5.02 Å². The molecule has 0 amide bonds. The van der Waals surface area contributed by atoms with Gasteiger partial charge in [-0.25, -0.2) is 14.6 Å². The van der Waals surface area contributed by atoms with Crippen LogP contribution in [-0.4, -0.2) is 25.5 Å². The fourth-order valence-electron chi connectivity index (χ4n) is 3.39. The van der Waals surface area contributed by atoms with E-state index in [0.717, 1.165) is 29.1 Å². The smallest absolute Gasteiger partial charge is 0.251 e. The predicted octanol–water partition coefficient (Wildman–Crippen LogP) is 3.85. The van der Waals surface area contributed by atoms with Crippen LogP contribution in [0.5, 0.6) is 0 Å². The summed E-state index contributed by atoms with van der Waals surface area (Å²) >= 11 is 5.98. The van der Waals surface area contributed by atoms with E-state index in [1.807, 2.05) is 44.2 Å². The van der Waals surface area contributed by atoms with Crippen LogP contribution < -0.4 is 0 Å². The van der Waals surface area contributed by atoms with E-state index in [0.29, 0.717) is 23.0 Å². The Hall–Kier alpha value is -2.53. The number of Topliss-reactive ketones (excluding diaryl/α,β-unsaturated/α-hetero) is 1. The molecule has 0 fully saturated rings. The molecule has 6 heteroatoms. The molecule has 126 valence electrons. The number of fused-ring (bicyclic) bond motifs is 1. The Bertz CT molecular complexity index is 942. The molecule has 0 radical (unpaired) electrons. The highest BCUT2D eigenvalue weighted by Gasteiger charge is 2.30. The van der Waals surface area contributed by atoms with E-state index in [1.54, 1.807) is 10.9 Å². The molecule has 2 heterocycles. The van der Waals surface area contributed by atoms with Crippen molar-refractivity contribution in [3.63, 3.8) is 0 Å². The van der Waals surface area contributed by atoms with E-state index in [9.17, 15) is 4.79 Å². The molecule has 0 N–H and O–H groups in total. The molecule has 25 heavy (non-hydrogen) atoms. The van der Waals surface area contributed by atoms with Gasteiger partial charge in [0, 0.05) is 22.8 Å². The maximum atomic E-state index is 12.6. The molecule has 1 unspecified atom stereocenters. The van der Waals surface area contributed by atoms with Crippen LogP contribution in [0.25, 0.3) is 5.95 Å². The maximum absolute atomic E-state index is 12.6. The first-order valence-corrected chi connectivity index (χ1v) is 8.57. The lowest BCUT2D eigenvalue weighted by molar-refractivity contribution is 0.0963. The number of halogens is 1. The molecule has 0 spiro atoms. The molecule has 5 nitrogen and oxygen atoms in total. The zero-order valence-corrected chi connectivity index (χ0v) is 14.8. The van der Waals surface area contributed by atoms with Crippen LogP contribution in [0.4, 0.5) is 0 Å². The van der Waals surface area contributed by atoms with Crippen LogP contribution in [0.3, 0.4) is 0 Å². The Morgan fingerprint density at radius 3 is 2.44 bits per heavy atom. The molecule has 3 aromatic rings. The topological polar surface area (TPSA) is 60.7 Å². The number of benzene rings is 1. The van der Waals surface area contributed by atoms with Crippen LogP contribution in [0.1, 0.15) is 45.3 Å². The van der Waals surface area contributed by atoms with Gasteiger partial charge in [-0.3, -0.25) is 4.79 Å². The molecule has 4 rings (SSSR count). The third-order valence-corrected chi connectivity index (χ3v) is 4.79. The summed E-state index contributed by atoms with van der Waals surface area (Å²) in [5, 5.41) is 5.09. The summed E-state index contributed by atoms with van der Waals surface area (Å²) in [6.07, 6.45) is 2.84. The average Bonchev–Trinajstić information content (AvgIpc) is 2.99. The molecule has 0 saturated heterocycles. The van der Waals surface area contributed by atoms with Gasteiger partial charge in [-0.1, -0.05) is 23.7 Å². The van der Waals surface area contributed by atoms with Crippen molar-refractivity contribution >= 4 is 17.4 Å². The van der Waals surface area contributed by atoms with Crippen molar-refractivity contribution in [1.82, 2.24) is 19.7 Å². The minimum Gasteiger partial charge on any atom is -0.294 e. The summed E-state index contributed by atoms with van der Waals surface area (Å²) in [4.78, 5) is 21.6. The number of aromatic nitrogens is 4. The lowest BCUT2D eigenvalue weighted by Gasteiger charge is -2.22. The zero-order chi connectivity index (χ0) is 17.6. The number of carbonyl (C=O) groups excluding carboxylic acids is 1. The van der Waals surface area contributed by atoms with Gasteiger partial charge < -0.3 is 0 Å². The maximum Gasteiger partial charge on any atom is 0.251 e. The standard InChI is InChI=1S/C19H17ClN4O/c1-11-7-12(2)23-19(22-11)24-17-8-14(9-18(25)16(17)10-21-24)13-3-5-15(20)6-4-13/h3-7,10,14H,8-9H2,1-2H3. The van der Waals surface area contributed by atoms with Crippen molar-refractivity contribution in [3.05, 3.63) is 69.8 Å². The number of rotatable bonds is 2. The predicted molar refractivity (Wildman–Crippen MR) is 95.5 cm³/mol. The first-order chi connectivity index (χ1) is 12.0. The second-order valence-electron chi connectivity index (χ2n) is 6.45. The Morgan fingerprint density at radius 1 is 1.08 bits per heavy atom. The number of hydrogen-bond donors (Lipinski definition) is 0. The summed E-state index contributed by atoms with van der Waals surface area (Å²) in [6.45, 7) is 3.85. The Labute approximate surface area is 150 Å². The lowest BCUT2D eigenvalue weighted by Crippen LogP contribution is -2.21. The molecule has 1 aliphatic rings. The van der Waals surface area contributed by atoms with E-state index < -0.39 is 0 Å². The van der Waals surface area contributed by atoms with Crippen molar-refractivity contribution in [2.75, 3.05) is 0 Å². The summed E-state index contributed by atoms with van der Waals surface area (Å²) in [5.41, 5.74) is 4.41. The van der Waals surface area contributed by atoms with Gasteiger partial charge in [0.2, 0.25) is 0 Å². The highest BCUT2D eigenvalue weighted by Crippen LogP contribution is 2.33. The van der Waals surface area contributed by atoms with Gasteiger partial charge >= 0.3 is 0 Å². The van der Waals surface area contributed by atoms with Gasteiger partial charge in [-0.2, -0.15) is 5.10 Å². The van der Waals surface area contributed by atoms with E-state index in [4.69, 9.17) is 11.6 Å². The normalized spacial score (nSPS) is 16.8. The van der Waals surface area contributed by atoms with Crippen molar-refractivity contribution in [3.8, 4) is 5.95 Å². The largest absolute Gasteiger partial charge is 0.294 e. The summed E-state index contributed by atoms with van der Waals surface area (Å²) < 4.78 is 1.70. The third-order valence-electron chi connectivity index (χ3n) is 4.54. The first-order valence-electron chi connectivity index (χ1n) is 8.19. The highest BCUT2D eigenvalue weighted by molar-refractivity contribution is 6.30. The summed E-state index contributed by atoms with van der Waals surface area (Å²) in [5.74, 6) is 0.735. The van der Waals surface area contributed by atoms with Crippen molar-refractivity contribution < 1.29 is 4.79 Å². The molecule has 2 aromatic heterocycles. The Kier molecular flexibility index (Phi) is 3.88. The minimum absolute atomic E-state index is 0.108. The fraction of sp³-hybridized carbons (Fsp3) is 0.263. The highest BCUT2D eigenvalue weighted by atomic mass is 35.5. The number of aryl methyl sites for hydroxylation is 2. The minimum atomic E-state index is 0.108. The van der Waals surface area contributed by atoms with Crippen LogP contribution >= 0.6 is 11.6 Å². The molecular weight excluding hydrogens is 336 g/mol. The van der Waals surface area contributed by atoms with Gasteiger partial charge in [0.25, 0.3) is 5.95 Å². The van der Waals surface area contributed by atoms with Gasteiger partial charge in [0.15, 0.2) is 5.78 Å². The second-order valence-corrected chi connectivity index (χ2v) is 6.88. The molecule has 0 bridgehead atoms. The fourth-order valence-corrected chi connectivity index (χ4v) is 3.51. The summed E-state index contributed by atoms with van der Waals surface area (Å²) in [7, 11) is 0. The number of nitrogens with zero attached hydrogens (tertiary/aromatic N) is 4. The Morgan fingerprint density at radius 2 is 1.76 bits per heavy atom. The van der Waals surface area contributed by atoms with Crippen molar-refractivity contribution in [2.45, 2.75) is 32.6 Å². The van der Waals surface area contributed by atoms with E-state index in [1.165, 1.54) is 0 Å². The van der Waals surface area contributed by atoms with E-state index >= 15 is 0 Å². The molecule has 0 saturated carbocycles. The van der Waals surface area contributed by atoms with Crippen LogP contribution in [0.15, 0.2) is 36.5 Å². The average molecular weight is 353 g/mol. The zero-order valence-electron chi connectivity index (χ0n) is 14.0. The van der Waals surface area contributed by atoms with Gasteiger partial charge in [-0.05, 0) is 49.9 Å². The third kappa shape index (κ3) is 2.96. The molecule has 0 aliphatic heterocycles. The number of ketones is 1. The molecular formula is C19H17ClN4O. The van der Waals surface area contributed by atoms with E-state index in [2.05, 4.69) is 15.1 Å². The first kappa shape index (κ1) is 16.0. The second kappa shape index (κ2) is 6.08. The monoisotopic (exact) mass is 352 g/mol. The molecule has 1 aromatic carbocycles. The number of hydrogen-bond acceptors (Lipinski definition) is 4. The van der Waals surface area contributed by atoms with Crippen molar-refractivity contribution in [2.24, 2.45) is 0 Å². The van der Waals surface area contributed by atoms with E-state index in [-0.39, 0.29) is 11.7 Å². The Balaban J connectivity index is 1.76. The lowest BCUT2D eigenvalue weighted by atomic mass is 9.82. The quantitative estimate of drug-likeness (QED) is 0.703. The van der Waals surface area contributed by atoms with Gasteiger partial charge in [0.1, 0.15) is 0 Å². The summed E-state index contributed by atoms with van der Waals surface area (Å²) in [6, 6.07) is 9.61. The molecule has 1 atom stereocenters. The molecule has 1 aliphatic carbocycles. The van der Waals surface area contributed by atoms with Gasteiger partial charge in [-0.15, -0.1) is 0 Å². The SMILES string of the molecule is Cc1cc(C)nc(-n2ncc3c2CC(c2ccc(Cl)cc2)CC3=O)n1. The number of carbonyl (C=O) groups is 1. The van der Waals surface area contributed by atoms with Crippen LogP contribution in [0, 0.1) is 13.8 Å². The van der Waals surface area contributed by atoms with Crippen molar-refractivity contribution in [1.29, 1.82) is 0 Å².